The normalized spacial score (nSPS) is 16.4. The average Bonchev–Trinajstić information content (AvgIpc) is 3.20. The molecule has 1 aromatic carbocycles. The Labute approximate surface area is 209 Å². The Morgan fingerprint density at radius 3 is 2.58 bits per heavy atom. The predicted molar refractivity (Wildman–Crippen MR) is 143 cm³/mol. The van der Waals surface area contributed by atoms with Crippen LogP contribution in [0.25, 0.3) is 16.7 Å². The number of piperazine rings is 1. The molecule has 1 unspecified atom stereocenters. The van der Waals surface area contributed by atoms with E-state index in [1.807, 2.05) is 31.3 Å². The number of anilines is 2. The van der Waals surface area contributed by atoms with Crippen molar-refractivity contribution in [3.05, 3.63) is 82.5 Å². The van der Waals surface area contributed by atoms with Gasteiger partial charge in [0.15, 0.2) is 0 Å². The largest absolute Gasteiger partial charge is 0.388 e. The molecule has 0 saturated carbocycles. The summed E-state index contributed by atoms with van der Waals surface area (Å²) >= 11 is 0. The molecular formula is C27H31N7O2. The molecule has 1 fully saturated rings. The predicted octanol–water partition coefficient (Wildman–Crippen LogP) is 2.58. The minimum Gasteiger partial charge on any atom is -0.388 e. The van der Waals surface area contributed by atoms with Gasteiger partial charge in [-0.3, -0.25) is 19.1 Å². The van der Waals surface area contributed by atoms with Gasteiger partial charge in [0, 0.05) is 92.8 Å². The highest BCUT2D eigenvalue weighted by Gasteiger charge is 2.25. The number of carbonyl (C=O) groups excluding carboxylic acids is 1. The molecule has 0 bridgehead atoms. The van der Waals surface area contributed by atoms with Crippen LogP contribution in [-0.2, 0) is 13.6 Å². The molecule has 0 spiro atoms. The quantitative estimate of drug-likeness (QED) is 0.435. The zero-order valence-corrected chi connectivity index (χ0v) is 20.8. The summed E-state index contributed by atoms with van der Waals surface area (Å²) in [6.07, 6.45) is 3.55. The molecule has 1 atom stereocenters. The molecule has 0 radical (unpaired) electrons. The van der Waals surface area contributed by atoms with E-state index in [1.165, 1.54) is 0 Å². The number of rotatable bonds is 6. The number of amides is 1. The molecule has 186 valence electrons. The molecule has 1 amide bonds. The molecule has 4 heterocycles. The molecule has 5 rings (SSSR count). The Morgan fingerprint density at radius 1 is 1.14 bits per heavy atom. The van der Waals surface area contributed by atoms with E-state index in [0.29, 0.717) is 11.6 Å². The van der Waals surface area contributed by atoms with Crippen LogP contribution in [0.3, 0.4) is 0 Å². The summed E-state index contributed by atoms with van der Waals surface area (Å²) < 4.78 is 3.78. The Kier molecular flexibility index (Phi) is 6.24. The third-order valence-corrected chi connectivity index (χ3v) is 7.12. The van der Waals surface area contributed by atoms with E-state index in [1.54, 1.807) is 42.2 Å². The van der Waals surface area contributed by atoms with Crippen LogP contribution in [0, 0.1) is 0 Å². The third-order valence-electron chi connectivity index (χ3n) is 7.12. The maximum atomic E-state index is 12.8. The summed E-state index contributed by atoms with van der Waals surface area (Å²) in [6.45, 7) is 5.71. The summed E-state index contributed by atoms with van der Waals surface area (Å²) in [5, 5.41) is 3.96. The first-order valence-corrected chi connectivity index (χ1v) is 12.1. The van der Waals surface area contributed by atoms with Crippen molar-refractivity contribution >= 4 is 28.3 Å². The number of nitrogens with zero attached hydrogens (tertiary/aromatic N) is 5. The maximum absolute atomic E-state index is 12.8. The van der Waals surface area contributed by atoms with E-state index in [0.717, 1.165) is 60.0 Å². The van der Waals surface area contributed by atoms with Gasteiger partial charge >= 0.3 is 0 Å². The number of hydrogen-bond acceptors (Lipinski definition) is 6. The van der Waals surface area contributed by atoms with E-state index in [9.17, 15) is 9.59 Å². The van der Waals surface area contributed by atoms with Crippen LogP contribution < -0.4 is 21.5 Å². The fourth-order valence-electron chi connectivity index (χ4n) is 4.96. The van der Waals surface area contributed by atoms with Crippen LogP contribution in [0.4, 0.5) is 11.4 Å². The van der Waals surface area contributed by atoms with E-state index in [4.69, 9.17) is 5.73 Å². The van der Waals surface area contributed by atoms with E-state index >= 15 is 0 Å². The van der Waals surface area contributed by atoms with Gasteiger partial charge in [0.2, 0.25) is 5.91 Å². The van der Waals surface area contributed by atoms with Crippen LogP contribution >= 0.6 is 0 Å². The number of nitrogens with one attached hydrogen (secondary N) is 1. The molecule has 0 aliphatic carbocycles. The minimum absolute atomic E-state index is 0.0895. The summed E-state index contributed by atoms with van der Waals surface area (Å²) in [6, 6.07) is 15.3. The maximum Gasteiger partial charge on any atom is 0.257 e. The highest BCUT2D eigenvalue weighted by Crippen LogP contribution is 2.26. The van der Waals surface area contributed by atoms with Crippen molar-refractivity contribution in [3.63, 3.8) is 0 Å². The molecule has 1 saturated heterocycles. The zero-order valence-electron chi connectivity index (χ0n) is 20.8. The SMILES string of the molecule is CNc1ccn(-c2ccnc3c2cc(CN2CCN(c4ccc(C(N)=O)cc4)CC2C)n3C)c(=O)c1. The molecule has 3 N–H and O–H groups in total. The van der Waals surface area contributed by atoms with Crippen LogP contribution in [0.5, 0.6) is 0 Å². The molecule has 3 aromatic heterocycles. The Bertz CT molecular complexity index is 1470. The minimum atomic E-state index is -0.410. The summed E-state index contributed by atoms with van der Waals surface area (Å²) in [7, 11) is 3.83. The van der Waals surface area contributed by atoms with Crippen molar-refractivity contribution < 1.29 is 4.79 Å². The number of hydrogen-bond donors (Lipinski definition) is 2. The van der Waals surface area contributed by atoms with Gasteiger partial charge in [-0.25, -0.2) is 4.98 Å². The van der Waals surface area contributed by atoms with Crippen molar-refractivity contribution in [3.8, 4) is 5.69 Å². The standard InChI is InChI=1S/C27H31N7O2/c1-18-16-33(21-6-4-19(5-7-21)26(28)36)13-12-32(18)17-22-15-23-24(8-10-30-27(23)31(22)3)34-11-9-20(29-2)14-25(34)35/h4-11,14-15,18,29H,12-13,16-17H2,1-3H3,(H2,28,36). The van der Waals surface area contributed by atoms with Crippen molar-refractivity contribution in [2.45, 2.75) is 19.5 Å². The Morgan fingerprint density at radius 2 is 1.92 bits per heavy atom. The summed E-state index contributed by atoms with van der Waals surface area (Å²) in [5.41, 5.74) is 10.5. The second kappa shape index (κ2) is 9.50. The van der Waals surface area contributed by atoms with Gasteiger partial charge in [0.05, 0.1) is 5.69 Å². The number of fused-ring (bicyclic) bond motifs is 1. The number of benzene rings is 1. The van der Waals surface area contributed by atoms with Crippen LogP contribution in [0.15, 0.2) is 65.7 Å². The fourth-order valence-corrected chi connectivity index (χ4v) is 4.96. The number of aryl methyl sites for hydroxylation is 1. The first-order valence-electron chi connectivity index (χ1n) is 12.1. The van der Waals surface area contributed by atoms with Gasteiger partial charge in [-0.2, -0.15) is 0 Å². The molecule has 1 aliphatic heterocycles. The lowest BCUT2D eigenvalue weighted by molar-refractivity contribution is 0.100. The molecule has 4 aromatic rings. The second-order valence-corrected chi connectivity index (χ2v) is 9.31. The van der Waals surface area contributed by atoms with E-state index < -0.39 is 5.91 Å². The highest BCUT2D eigenvalue weighted by atomic mass is 16.1. The smallest absolute Gasteiger partial charge is 0.257 e. The molecule has 9 nitrogen and oxygen atoms in total. The third kappa shape index (κ3) is 4.33. The van der Waals surface area contributed by atoms with Gasteiger partial charge in [-0.15, -0.1) is 0 Å². The molecule has 36 heavy (non-hydrogen) atoms. The van der Waals surface area contributed by atoms with Crippen LogP contribution in [0.2, 0.25) is 0 Å². The van der Waals surface area contributed by atoms with Gasteiger partial charge < -0.3 is 20.5 Å². The molecule has 9 heteroatoms. The first kappa shape index (κ1) is 23.6. The lowest BCUT2D eigenvalue weighted by atomic mass is 10.1. The highest BCUT2D eigenvalue weighted by molar-refractivity contribution is 5.93. The van der Waals surface area contributed by atoms with E-state index in [2.05, 4.69) is 37.7 Å². The number of carbonyl (C=O) groups is 1. The summed E-state index contributed by atoms with van der Waals surface area (Å²) in [4.78, 5) is 33.5. The van der Waals surface area contributed by atoms with Crippen molar-refractivity contribution in [1.82, 2.24) is 19.0 Å². The van der Waals surface area contributed by atoms with Gasteiger partial charge in [0.25, 0.3) is 5.56 Å². The topological polar surface area (TPSA) is 101 Å². The number of nitrogens with two attached hydrogens (primary N) is 1. The van der Waals surface area contributed by atoms with Gasteiger partial charge in [0.1, 0.15) is 5.65 Å². The lowest BCUT2D eigenvalue weighted by Crippen LogP contribution is -2.51. The molecular weight excluding hydrogens is 454 g/mol. The van der Waals surface area contributed by atoms with Crippen LogP contribution in [0.1, 0.15) is 23.0 Å². The van der Waals surface area contributed by atoms with E-state index in [-0.39, 0.29) is 5.56 Å². The van der Waals surface area contributed by atoms with Gasteiger partial charge in [-0.1, -0.05) is 0 Å². The number of primary amides is 1. The lowest BCUT2D eigenvalue weighted by Gasteiger charge is -2.41. The van der Waals surface area contributed by atoms with Crippen molar-refractivity contribution in [2.75, 3.05) is 36.9 Å². The number of aromatic nitrogens is 3. The first-order chi connectivity index (χ1) is 17.4. The average molecular weight is 486 g/mol. The summed E-state index contributed by atoms with van der Waals surface area (Å²) in [5.74, 6) is -0.410. The molecule has 1 aliphatic rings. The van der Waals surface area contributed by atoms with Crippen LogP contribution in [-0.4, -0.2) is 57.6 Å². The van der Waals surface area contributed by atoms with Crippen molar-refractivity contribution in [2.24, 2.45) is 12.8 Å². The second-order valence-electron chi connectivity index (χ2n) is 9.31. The Hall–Kier alpha value is -4.11. The number of pyridine rings is 2. The van der Waals surface area contributed by atoms with Crippen molar-refractivity contribution in [1.29, 1.82) is 0 Å². The monoisotopic (exact) mass is 485 g/mol. The zero-order chi connectivity index (χ0) is 25.4. The fraction of sp³-hybridized carbons (Fsp3) is 0.296. The Balaban J connectivity index is 1.37. The van der Waals surface area contributed by atoms with Gasteiger partial charge in [-0.05, 0) is 49.4 Å².